The molecule has 0 spiro atoms. The Balaban J connectivity index is 2.72. The van der Waals surface area contributed by atoms with Crippen molar-refractivity contribution in [3.63, 3.8) is 0 Å². The molecular formula is C14H11NO5. The number of nitrogens with zero attached hydrogens (tertiary/aromatic N) is 1. The highest BCUT2D eigenvalue weighted by Gasteiger charge is 2.18. The highest BCUT2D eigenvalue weighted by atomic mass is 16.4. The molecule has 2 aromatic rings. The number of hydrogen-bond donors (Lipinski definition) is 2. The SMILES string of the molecule is CC(=O)n1cc(C=C(C(=O)O)C(=O)O)c2ccccc21. The Hall–Kier alpha value is -2.89. The Kier molecular flexibility index (Phi) is 3.39. The van der Waals surface area contributed by atoms with Gasteiger partial charge in [-0.05, 0) is 12.1 Å². The summed E-state index contributed by atoms with van der Waals surface area (Å²) in [4.78, 5) is 33.3. The average molecular weight is 273 g/mol. The smallest absolute Gasteiger partial charge is 0.343 e. The molecule has 1 aromatic heterocycles. The van der Waals surface area contributed by atoms with Crippen LogP contribution in [0.2, 0.25) is 0 Å². The van der Waals surface area contributed by atoms with E-state index < -0.39 is 17.5 Å². The summed E-state index contributed by atoms with van der Waals surface area (Å²) in [6.07, 6.45) is 2.48. The molecule has 0 amide bonds. The van der Waals surface area contributed by atoms with E-state index in [0.29, 0.717) is 16.5 Å². The monoisotopic (exact) mass is 273 g/mol. The number of carboxylic acid groups (broad SMARTS) is 2. The van der Waals surface area contributed by atoms with E-state index in [0.717, 1.165) is 6.08 Å². The predicted molar refractivity (Wildman–Crippen MR) is 71.5 cm³/mol. The molecular weight excluding hydrogens is 262 g/mol. The molecule has 0 radical (unpaired) electrons. The number of aromatic nitrogens is 1. The van der Waals surface area contributed by atoms with Gasteiger partial charge in [0.1, 0.15) is 5.57 Å². The lowest BCUT2D eigenvalue weighted by molar-refractivity contribution is -0.140. The number of benzene rings is 1. The number of carbonyl (C=O) groups excluding carboxylic acids is 1. The van der Waals surface area contributed by atoms with Gasteiger partial charge in [-0.25, -0.2) is 9.59 Å². The van der Waals surface area contributed by atoms with Gasteiger partial charge >= 0.3 is 11.9 Å². The van der Waals surface area contributed by atoms with Crippen LogP contribution in [0.5, 0.6) is 0 Å². The quantitative estimate of drug-likeness (QED) is 0.505. The third kappa shape index (κ3) is 2.31. The second-order valence-electron chi connectivity index (χ2n) is 4.16. The lowest BCUT2D eigenvalue weighted by Gasteiger charge is -1.97. The lowest BCUT2D eigenvalue weighted by Crippen LogP contribution is -2.10. The third-order valence-electron chi connectivity index (χ3n) is 2.84. The molecule has 1 heterocycles. The molecule has 6 nitrogen and oxygen atoms in total. The van der Waals surface area contributed by atoms with Gasteiger partial charge in [0.15, 0.2) is 0 Å². The molecule has 0 aliphatic heterocycles. The minimum absolute atomic E-state index is 0.243. The van der Waals surface area contributed by atoms with Crippen molar-refractivity contribution in [2.24, 2.45) is 0 Å². The number of para-hydroxylation sites is 1. The number of rotatable bonds is 3. The first-order valence-corrected chi connectivity index (χ1v) is 5.71. The first kappa shape index (κ1) is 13.5. The van der Waals surface area contributed by atoms with E-state index in [2.05, 4.69) is 0 Å². The van der Waals surface area contributed by atoms with E-state index in [4.69, 9.17) is 10.2 Å². The Labute approximate surface area is 113 Å². The van der Waals surface area contributed by atoms with E-state index >= 15 is 0 Å². The first-order valence-electron chi connectivity index (χ1n) is 5.71. The van der Waals surface area contributed by atoms with Crippen LogP contribution in [0.4, 0.5) is 0 Å². The molecule has 0 saturated carbocycles. The minimum Gasteiger partial charge on any atom is -0.477 e. The van der Waals surface area contributed by atoms with Gasteiger partial charge in [0.2, 0.25) is 5.91 Å². The van der Waals surface area contributed by atoms with Gasteiger partial charge in [0, 0.05) is 24.1 Å². The van der Waals surface area contributed by atoms with Gasteiger partial charge in [-0.2, -0.15) is 0 Å². The number of hydrogen-bond acceptors (Lipinski definition) is 3. The van der Waals surface area contributed by atoms with Crippen molar-refractivity contribution >= 4 is 34.8 Å². The zero-order chi connectivity index (χ0) is 14.9. The summed E-state index contributed by atoms with van der Waals surface area (Å²) in [6, 6.07) is 6.87. The van der Waals surface area contributed by atoms with E-state index in [-0.39, 0.29) is 5.91 Å². The minimum atomic E-state index is -1.53. The van der Waals surface area contributed by atoms with Crippen molar-refractivity contribution in [2.75, 3.05) is 0 Å². The first-order chi connectivity index (χ1) is 9.41. The molecule has 0 aliphatic carbocycles. The van der Waals surface area contributed by atoms with Crippen LogP contribution in [-0.2, 0) is 9.59 Å². The van der Waals surface area contributed by atoms with Gasteiger partial charge in [0.25, 0.3) is 0 Å². The maximum absolute atomic E-state index is 11.5. The summed E-state index contributed by atoms with van der Waals surface area (Å²) >= 11 is 0. The highest BCUT2D eigenvalue weighted by molar-refractivity contribution is 6.17. The molecule has 20 heavy (non-hydrogen) atoms. The van der Waals surface area contributed by atoms with E-state index in [1.54, 1.807) is 24.3 Å². The molecule has 0 atom stereocenters. The van der Waals surface area contributed by atoms with Gasteiger partial charge in [-0.1, -0.05) is 18.2 Å². The normalized spacial score (nSPS) is 10.2. The van der Waals surface area contributed by atoms with Crippen LogP contribution in [0.25, 0.3) is 17.0 Å². The maximum atomic E-state index is 11.5. The number of aliphatic carboxylic acids is 2. The molecule has 1 aromatic carbocycles. The summed E-state index contributed by atoms with van der Waals surface area (Å²) < 4.78 is 1.35. The zero-order valence-electron chi connectivity index (χ0n) is 10.5. The summed E-state index contributed by atoms with van der Waals surface area (Å²) in [7, 11) is 0. The predicted octanol–water partition coefficient (Wildman–Crippen LogP) is 1.85. The maximum Gasteiger partial charge on any atom is 0.343 e. The van der Waals surface area contributed by atoms with E-state index in [1.807, 2.05) is 0 Å². The van der Waals surface area contributed by atoms with Crippen molar-refractivity contribution in [3.8, 4) is 0 Å². The van der Waals surface area contributed by atoms with Gasteiger partial charge < -0.3 is 10.2 Å². The second-order valence-corrected chi connectivity index (χ2v) is 4.16. The second kappa shape index (κ2) is 5.00. The Morgan fingerprint density at radius 3 is 2.25 bits per heavy atom. The third-order valence-corrected chi connectivity index (χ3v) is 2.84. The van der Waals surface area contributed by atoms with Crippen molar-refractivity contribution in [3.05, 3.63) is 41.6 Å². The van der Waals surface area contributed by atoms with E-state index in [1.165, 1.54) is 17.7 Å². The van der Waals surface area contributed by atoms with Crippen molar-refractivity contribution in [2.45, 2.75) is 6.92 Å². The van der Waals surface area contributed by atoms with Crippen molar-refractivity contribution < 1.29 is 24.6 Å². The molecule has 2 N–H and O–H groups in total. The summed E-state index contributed by atoms with van der Waals surface area (Å²) in [5, 5.41) is 18.4. The Bertz CT molecular complexity index is 738. The fourth-order valence-corrected chi connectivity index (χ4v) is 1.95. The molecule has 102 valence electrons. The molecule has 6 heteroatoms. The van der Waals surface area contributed by atoms with Crippen LogP contribution in [0.15, 0.2) is 36.0 Å². The van der Waals surface area contributed by atoms with Crippen molar-refractivity contribution in [1.82, 2.24) is 4.57 Å². The van der Waals surface area contributed by atoms with Crippen LogP contribution in [0, 0.1) is 0 Å². The van der Waals surface area contributed by atoms with Crippen LogP contribution in [0.3, 0.4) is 0 Å². The molecule has 0 bridgehead atoms. The van der Waals surface area contributed by atoms with Crippen LogP contribution < -0.4 is 0 Å². The van der Waals surface area contributed by atoms with Gasteiger partial charge in [-0.15, -0.1) is 0 Å². The largest absolute Gasteiger partial charge is 0.477 e. The molecule has 0 fully saturated rings. The zero-order valence-corrected chi connectivity index (χ0v) is 10.5. The summed E-state index contributed by atoms with van der Waals surface area (Å²) in [5.41, 5.74) is 0.216. The van der Waals surface area contributed by atoms with Crippen LogP contribution in [0.1, 0.15) is 17.3 Å². The molecule has 0 aliphatic rings. The molecule has 0 saturated heterocycles. The molecule has 2 rings (SSSR count). The Morgan fingerprint density at radius 1 is 1.10 bits per heavy atom. The number of carbonyl (C=O) groups is 3. The molecule has 0 unspecified atom stereocenters. The highest BCUT2D eigenvalue weighted by Crippen LogP contribution is 2.23. The fraction of sp³-hybridized carbons (Fsp3) is 0.0714. The van der Waals surface area contributed by atoms with E-state index in [9.17, 15) is 14.4 Å². The van der Waals surface area contributed by atoms with Gasteiger partial charge in [-0.3, -0.25) is 9.36 Å². The topological polar surface area (TPSA) is 96.6 Å². The lowest BCUT2D eigenvalue weighted by atomic mass is 10.1. The number of fused-ring (bicyclic) bond motifs is 1. The average Bonchev–Trinajstić information content (AvgIpc) is 2.74. The fourth-order valence-electron chi connectivity index (χ4n) is 1.95. The summed E-state index contributed by atoms with van der Waals surface area (Å²) in [5.74, 6) is -3.30. The Morgan fingerprint density at radius 2 is 1.70 bits per heavy atom. The number of carboxylic acids is 2. The van der Waals surface area contributed by atoms with Crippen LogP contribution in [-0.4, -0.2) is 32.6 Å². The summed E-state index contributed by atoms with van der Waals surface area (Å²) in [6.45, 7) is 1.37. The van der Waals surface area contributed by atoms with Gasteiger partial charge in [0.05, 0.1) is 5.52 Å². The van der Waals surface area contributed by atoms with Crippen LogP contribution >= 0.6 is 0 Å². The standard InChI is InChI=1S/C14H11NO5/c1-8(16)15-7-9(6-11(13(17)18)14(19)20)10-4-2-3-5-12(10)15/h2-7H,1H3,(H,17,18)(H,19,20). The van der Waals surface area contributed by atoms with Crippen molar-refractivity contribution in [1.29, 1.82) is 0 Å².